The Hall–Kier alpha value is -0.210. The SMILES string of the molecule is CCNC(=NCCC(F)(F)F)NC1CCCC(C)C1.I. The maximum atomic E-state index is 12.1. The number of alkyl halides is 3. The van der Waals surface area contributed by atoms with Gasteiger partial charge in [-0.25, -0.2) is 0 Å². The van der Waals surface area contributed by atoms with Crippen LogP contribution in [0, 0.1) is 5.92 Å². The first-order valence-corrected chi connectivity index (χ1v) is 7.02. The topological polar surface area (TPSA) is 36.4 Å². The molecular weight excluding hydrogens is 382 g/mol. The Balaban J connectivity index is 0.00000361. The Labute approximate surface area is 136 Å². The first kappa shape index (κ1) is 19.8. The minimum Gasteiger partial charge on any atom is -0.357 e. The molecule has 0 aromatic heterocycles. The standard InChI is InChI=1S/C13H24F3N3.HI/c1-3-17-12(18-8-7-13(14,15)16)19-11-6-4-5-10(2)9-11;/h10-11H,3-9H2,1-2H3,(H2,17,18,19);1H. The fourth-order valence-electron chi connectivity index (χ4n) is 2.37. The third-order valence-corrected chi connectivity index (χ3v) is 3.29. The second kappa shape index (κ2) is 9.68. The van der Waals surface area contributed by atoms with Crippen molar-refractivity contribution in [3.63, 3.8) is 0 Å². The number of hydrogen-bond donors (Lipinski definition) is 2. The van der Waals surface area contributed by atoms with Crippen molar-refractivity contribution in [2.75, 3.05) is 13.1 Å². The number of hydrogen-bond acceptors (Lipinski definition) is 1. The van der Waals surface area contributed by atoms with E-state index in [4.69, 9.17) is 0 Å². The highest BCUT2D eigenvalue weighted by molar-refractivity contribution is 14.0. The van der Waals surface area contributed by atoms with E-state index in [1.807, 2.05) is 6.92 Å². The van der Waals surface area contributed by atoms with E-state index < -0.39 is 12.6 Å². The molecule has 20 heavy (non-hydrogen) atoms. The van der Waals surface area contributed by atoms with E-state index in [1.165, 1.54) is 12.8 Å². The summed E-state index contributed by atoms with van der Waals surface area (Å²) in [6, 6.07) is 0.326. The molecule has 1 rings (SSSR count). The molecule has 2 atom stereocenters. The molecule has 2 unspecified atom stereocenters. The van der Waals surface area contributed by atoms with Gasteiger partial charge in [-0.05, 0) is 25.7 Å². The van der Waals surface area contributed by atoms with Crippen molar-refractivity contribution in [1.82, 2.24) is 10.6 Å². The van der Waals surface area contributed by atoms with Crippen LogP contribution in [0.5, 0.6) is 0 Å². The van der Waals surface area contributed by atoms with Crippen molar-refractivity contribution < 1.29 is 13.2 Å². The summed E-state index contributed by atoms with van der Waals surface area (Å²) in [5, 5.41) is 6.25. The van der Waals surface area contributed by atoms with E-state index in [-0.39, 0.29) is 30.5 Å². The lowest BCUT2D eigenvalue weighted by Gasteiger charge is -2.28. The quantitative estimate of drug-likeness (QED) is 0.424. The molecule has 1 aliphatic rings. The zero-order valence-corrected chi connectivity index (χ0v) is 14.4. The van der Waals surface area contributed by atoms with E-state index in [0.29, 0.717) is 24.5 Å². The van der Waals surface area contributed by atoms with Crippen molar-refractivity contribution in [3.05, 3.63) is 0 Å². The van der Waals surface area contributed by atoms with Crippen molar-refractivity contribution >= 4 is 29.9 Å². The number of guanidine groups is 1. The summed E-state index contributed by atoms with van der Waals surface area (Å²) in [5.41, 5.74) is 0. The molecule has 0 spiro atoms. The normalized spacial score (nSPS) is 23.9. The summed E-state index contributed by atoms with van der Waals surface area (Å²) in [6.07, 6.45) is -0.483. The van der Waals surface area contributed by atoms with E-state index >= 15 is 0 Å². The molecule has 0 amide bonds. The highest BCUT2D eigenvalue weighted by Crippen LogP contribution is 2.23. The van der Waals surface area contributed by atoms with Gasteiger partial charge < -0.3 is 10.6 Å². The predicted molar refractivity (Wildman–Crippen MR) is 86.6 cm³/mol. The molecular formula is C13H25F3IN3. The predicted octanol–water partition coefficient (Wildman–Crippen LogP) is 3.69. The minimum atomic E-state index is -4.14. The van der Waals surface area contributed by atoms with Crippen molar-refractivity contribution in [3.8, 4) is 0 Å². The average Bonchev–Trinajstić information content (AvgIpc) is 2.27. The van der Waals surface area contributed by atoms with Crippen LogP contribution in [0.25, 0.3) is 0 Å². The van der Waals surface area contributed by atoms with Crippen LogP contribution in [-0.2, 0) is 0 Å². The zero-order chi connectivity index (χ0) is 14.3. The number of halogens is 4. The fraction of sp³-hybridized carbons (Fsp3) is 0.923. The van der Waals surface area contributed by atoms with E-state index in [0.717, 1.165) is 12.8 Å². The third kappa shape index (κ3) is 8.86. The lowest BCUT2D eigenvalue weighted by molar-refractivity contribution is -0.132. The van der Waals surface area contributed by atoms with Crippen LogP contribution in [0.1, 0.15) is 46.0 Å². The van der Waals surface area contributed by atoms with Crippen LogP contribution in [0.2, 0.25) is 0 Å². The van der Waals surface area contributed by atoms with Gasteiger partial charge in [-0.15, -0.1) is 24.0 Å². The first-order valence-electron chi connectivity index (χ1n) is 7.02. The summed E-state index contributed by atoms with van der Waals surface area (Å²) >= 11 is 0. The van der Waals surface area contributed by atoms with Crippen LogP contribution in [-0.4, -0.2) is 31.3 Å². The molecule has 0 aromatic rings. The molecule has 0 bridgehead atoms. The molecule has 1 saturated carbocycles. The molecule has 120 valence electrons. The molecule has 1 aliphatic carbocycles. The molecule has 0 aliphatic heterocycles. The Morgan fingerprint density at radius 3 is 2.55 bits per heavy atom. The van der Waals surface area contributed by atoms with E-state index in [2.05, 4.69) is 22.5 Å². The van der Waals surface area contributed by atoms with Gasteiger partial charge in [0, 0.05) is 12.6 Å². The van der Waals surface area contributed by atoms with Crippen LogP contribution < -0.4 is 10.6 Å². The first-order chi connectivity index (χ1) is 8.90. The molecule has 1 fully saturated rings. The van der Waals surface area contributed by atoms with Gasteiger partial charge in [-0.2, -0.15) is 13.2 Å². The third-order valence-electron chi connectivity index (χ3n) is 3.29. The van der Waals surface area contributed by atoms with Crippen molar-refractivity contribution in [2.45, 2.75) is 58.2 Å². The summed E-state index contributed by atoms with van der Waals surface area (Å²) in [7, 11) is 0. The van der Waals surface area contributed by atoms with Crippen LogP contribution >= 0.6 is 24.0 Å². The van der Waals surface area contributed by atoms with E-state index in [1.54, 1.807) is 0 Å². The zero-order valence-electron chi connectivity index (χ0n) is 12.1. The average molecular weight is 407 g/mol. The number of aliphatic imine (C=N–C) groups is 1. The Morgan fingerprint density at radius 2 is 2.00 bits per heavy atom. The second-order valence-corrected chi connectivity index (χ2v) is 5.24. The summed E-state index contributed by atoms with van der Waals surface area (Å²) in [5.74, 6) is 1.18. The fourth-order valence-corrected chi connectivity index (χ4v) is 2.37. The second-order valence-electron chi connectivity index (χ2n) is 5.24. The van der Waals surface area contributed by atoms with E-state index in [9.17, 15) is 13.2 Å². The van der Waals surface area contributed by atoms with Crippen LogP contribution in [0.15, 0.2) is 4.99 Å². The Morgan fingerprint density at radius 1 is 1.30 bits per heavy atom. The maximum Gasteiger partial charge on any atom is 0.390 e. The van der Waals surface area contributed by atoms with Crippen LogP contribution in [0.4, 0.5) is 13.2 Å². The van der Waals surface area contributed by atoms with Gasteiger partial charge in [0.15, 0.2) is 5.96 Å². The molecule has 0 aromatic carbocycles. The number of nitrogens with one attached hydrogen (secondary N) is 2. The minimum absolute atomic E-state index is 0. The molecule has 2 N–H and O–H groups in total. The molecule has 0 radical (unpaired) electrons. The molecule has 0 saturated heterocycles. The summed E-state index contributed by atoms with van der Waals surface area (Å²) in [4.78, 5) is 3.99. The van der Waals surface area contributed by atoms with Gasteiger partial charge in [0.1, 0.15) is 0 Å². The summed E-state index contributed by atoms with van der Waals surface area (Å²) < 4.78 is 36.3. The maximum absolute atomic E-state index is 12.1. The highest BCUT2D eigenvalue weighted by Gasteiger charge is 2.26. The largest absolute Gasteiger partial charge is 0.390 e. The van der Waals surface area contributed by atoms with Gasteiger partial charge in [0.05, 0.1) is 13.0 Å². The molecule has 7 heteroatoms. The Bertz CT molecular complexity index is 295. The summed E-state index contributed by atoms with van der Waals surface area (Å²) in [6.45, 7) is 4.55. The van der Waals surface area contributed by atoms with Gasteiger partial charge in [0.25, 0.3) is 0 Å². The van der Waals surface area contributed by atoms with Gasteiger partial charge in [-0.3, -0.25) is 4.99 Å². The lowest BCUT2D eigenvalue weighted by atomic mass is 9.87. The Kier molecular flexibility index (Phi) is 9.58. The number of nitrogens with zero attached hydrogens (tertiary/aromatic N) is 1. The van der Waals surface area contributed by atoms with Crippen LogP contribution in [0.3, 0.4) is 0 Å². The van der Waals surface area contributed by atoms with Gasteiger partial charge >= 0.3 is 6.18 Å². The van der Waals surface area contributed by atoms with Gasteiger partial charge in [-0.1, -0.05) is 19.8 Å². The monoisotopic (exact) mass is 407 g/mol. The molecule has 3 nitrogen and oxygen atoms in total. The van der Waals surface area contributed by atoms with Gasteiger partial charge in [0.2, 0.25) is 0 Å². The van der Waals surface area contributed by atoms with Crippen molar-refractivity contribution in [2.24, 2.45) is 10.9 Å². The smallest absolute Gasteiger partial charge is 0.357 e. The van der Waals surface area contributed by atoms with Crippen molar-refractivity contribution in [1.29, 1.82) is 0 Å². The molecule has 0 heterocycles. The lowest BCUT2D eigenvalue weighted by Crippen LogP contribution is -2.45. The number of rotatable bonds is 4. The highest BCUT2D eigenvalue weighted by atomic mass is 127.